The van der Waals surface area contributed by atoms with Gasteiger partial charge in [-0.25, -0.2) is 0 Å². The van der Waals surface area contributed by atoms with E-state index in [0.29, 0.717) is 11.8 Å². The molecule has 1 aromatic carbocycles. The molecule has 0 unspecified atom stereocenters. The van der Waals surface area contributed by atoms with E-state index in [1.54, 1.807) is 5.56 Å². The van der Waals surface area contributed by atoms with Crippen LogP contribution in [0.4, 0.5) is 0 Å². The number of rotatable bonds is 2. The van der Waals surface area contributed by atoms with Crippen molar-refractivity contribution in [3.63, 3.8) is 0 Å². The molecule has 0 N–H and O–H groups in total. The van der Waals surface area contributed by atoms with E-state index < -0.39 is 0 Å². The van der Waals surface area contributed by atoms with E-state index in [0.717, 1.165) is 0 Å². The van der Waals surface area contributed by atoms with Crippen LogP contribution in [0.5, 0.6) is 0 Å². The van der Waals surface area contributed by atoms with Crippen molar-refractivity contribution in [2.75, 3.05) is 0 Å². The molecule has 80 valence electrons. The Morgan fingerprint density at radius 1 is 0.933 bits per heavy atom. The fraction of sp³-hybridized carbons (Fsp3) is 0.429. The van der Waals surface area contributed by atoms with Gasteiger partial charge in [0.05, 0.1) is 0 Å². The fourth-order valence-corrected chi connectivity index (χ4v) is 3.03. The van der Waals surface area contributed by atoms with E-state index in [9.17, 15) is 0 Å². The summed E-state index contributed by atoms with van der Waals surface area (Å²) in [4.78, 5) is 0. The molecule has 0 radical (unpaired) electrons. The second kappa shape index (κ2) is 3.97. The van der Waals surface area contributed by atoms with Crippen LogP contribution >= 0.6 is 11.3 Å². The molecule has 1 aromatic heterocycles. The van der Waals surface area contributed by atoms with Crippen molar-refractivity contribution >= 4 is 21.4 Å². The van der Waals surface area contributed by atoms with E-state index >= 15 is 0 Å². The first-order valence-electron chi connectivity index (χ1n) is 5.61. The molecule has 0 aliphatic heterocycles. The third kappa shape index (κ3) is 1.81. The summed E-state index contributed by atoms with van der Waals surface area (Å²) in [6.45, 7) is 9.13. The molecule has 0 atom stereocenters. The number of hydrogen-bond donors (Lipinski definition) is 0. The zero-order chi connectivity index (χ0) is 11.0. The molecule has 1 heteroatoms. The first-order valence-corrected chi connectivity index (χ1v) is 6.49. The molecule has 0 spiro atoms. The summed E-state index contributed by atoms with van der Waals surface area (Å²) in [6, 6.07) is 6.83. The van der Waals surface area contributed by atoms with Crippen LogP contribution < -0.4 is 0 Å². The van der Waals surface area contributed by atoms with Crippen molar-refractivity contribution in [3.8, 4) is 0 Å². The Kier molecular flexibility index (Phi) is 2.83. The maximum atomic E-state index is 2.30. The molecule has 0 saturated carbocycles. The molecule has 0 nitrogen and oxygen atoms in total. The summed E-state index contributed by atoms with van der Waals surface area (Å²) in [5.41, 5.74) is 3.06. The average Bonchev–Trinajstić information content (AvgIpc) is 2.62. The van der Waals surface area contributed by atoms with E-state index in [4.69, 9.17) is 0 Å². The lowest BCUT2D eigenvalue weighted by molar-refractivity contribution is 0.798. The molecule has 2 rings (SSSR count). The number of thiophene rings is 1. The van der Waals surface area contributed by atoms with Crippen molar-refractivity contribution in [3.05, 3.63) is 34.7 Å². The summed E-state index contributed by atoms with van der Waals surface area (Å²) < 4.78 is 1.42. The first kappa shape index (κ1) is 10.7. The molecule has 1 heterocycles. The largest absolute Gasteiger partial charge is 0.144 e. The minimum atomic E-state index is 0.612. The maximum absolute atomic E-state index is 2.30. The highest BCUT2D eigenvalue weighted by Gasteiger charge is 2.13. The van der Waals surface area contributed by atoms with Crippen LogP contribution in [0.2, 0.25) is 0 Å². The lowest BCUT2D eigenvalue weighted by atomic mass is 9.88. The molecule has 0 aliphatic carbocycles. The Bertz CT molecular complexity index is 463. The maximum Gasteiger partial charge on any atom is 0.0345 e. The monoisotopic (exact) mass is 218 g/mol. The summed E-state index contributed by atoms with van der Waals surface area (Å²) in [5.74, 6) is 1.23. The van der Waals surface area contributed by atoms with Crippen LogP contribution in [0, 0.1) is 0 Å². The highest BCUT2D eigenvalue weighted by molar-refractivity contribution is 7.17. The SMILES string of the molecule is CC(C)c1ccc2sccc2c1C(C)C. The third-order valence-electron chi connectivity index (χ3n) is 2.91. The van der Waals surface area contributed by atoms with Gasteiger partial charge in [0, 0.05) is 4.70 Å². The predicted molar refractivity (Wildman–Crippen MR) is 70.0 cm³/mol. The number of fused-ring (bicyclic) bond motifs is 1. The quantitative estimate of drug-likeness (QED) is 0.654. The van der Waals surface area contributed by atoms with Gasteiger partial charge in [0.1, 0.15) is 0 Å². The summed E-state index contributed by atoms with van der Waals surface area (Å²) in [6.07, 6.45) is 0. The Morgan fingerprint density at radius 3 is 2.27 bits per heavy atom. The molecular formula is C14H18S. The van der Waals surface area contributed by atoms with Gasteiger partial charge in [-0.2, -0.15) is 0 Å². The van der Waals surface area contributed by atoms with Gasteiger partial charge in [0.15, 0.2) is 0 Å². The van der Waals surface area contributed by atoms with Gasteiger partial charge >= 0.3 is 0 Å². The van der Waals surface area contributed by atoms with Crippen LogP contribution in [0.25, 0.3) is 10.1 Å². The minimum Gasteiger partial charge on any atom is -0.144 e. The fourth-order valence-electron chi connectivity index (χ4n) is 2.23. The second-order valence-electron chi connectivity index (χ2n) is 4.71. The van der Waals surface area contributed by atoms with Crippen molar-refractivity contribution in [1.29, 1.82) is 0 Å². The smallest absolute Gasteiger partial charge is 0.0345 e. The molecule has 15 heavy (non-hydrogen) atoms. The molecule has 0 amide bonds. The van der Waals surface area contributed by atoms with Crippen LogP contribution in [-0.4, -0.2) is 0 Å². The average molecular weight is 218 g/mol. The molecule has 0 fully saturated rings. The van der Waals surface area contributed by atoms with Crippen LogP contribution in [0.1, 0.15) is 50.7 Å². The molecular weight excluding hydrogens is 200 g/mol. The number of benzene rings is 1. The summed E-state index contributed by atoms with van der Waals surface area (Å²) >= 11 is 1.84. The van der Waals surface area contributed by atoms with Crippen LogP contribution in [0.15, 0.2) is 23.6 Å². The van der Waals surface area contributed by atoms with Gasteiger partial charge in [-0.15, -0.1) is 11.3 Å². The highest BCUT2D eigenvalue weighted by atomic mass is 32.1. The zero-order valence-electron chi connectivity index (χ0n) is 9.87. The highest BCUT2D eigenvalue weighted by Crippen LogP contribution is 2.35. The van der Waals surface area contributed by atoms with E-state index in [2.05, 4.69) is 51.3 Å². The van der Waals surface area contributed by atoms with Crippen LogP contribution in [0.3, 0.4) is 0 Å². The zero-order valence-corrected chi connectivity index (χ0v) is 10.7. The molecule has 0 saturated heterocycles. The lowest BCUT2D eigenvalue weighted by Gasteiger charge is -2.17. The Balaban J connectivity index is 2.75. The Labute approximate surface area is 95.9 Å². The van der Waals surface area contributed by atoms with E-state index in [-0.39, 0.29) is 0 Å². The Hall–Kier alpha value is -0.820. The minimum absolute atomic E-state index is 0.612. The van der Waals surface area contributed by atoms with Crippen molar-refractivity contribution in [1.82, 2.24) is 0 Å². The summed E-state index contributed by atoms with van der Waals surface area (Å²) in [7, 11) is 0. The predicted octanol–water partition coefficient (Wildman–Crippen LogP) is 5.15. The Morgan fingerprint density at radius 2 is 1.67 bits per heavy atom. The molecule has 2 aromatic rings. The number of hydrogen-bond acceptors (Lipinski definition) is 1. The first-order chi connectivity index (χ1) is 7.11. The van der Waals surface area contributed by atoms with Crippen molar-refractivity contribution in [2.24, 2.45) is 0 Å². The topological polar surface area (TPSA) is 0 Å². The summed E-state index contributed by atoms with van der Waals surface area (Å²) in [5, 5.41) is 3.65. The van der Waals surface area contributed by atoms with Crippen molar-refractivity contribution < 1.29 is 0 Å². The standard InChI is InChI=1S/C14H18S/c1-9(2)11-5-6-13-12(7-8-15-13)14(11)10(3)4/h5-10H,1-4H3. The van der Waals surface area contributed by atoms with Crippen LogP contribution in [-0.2, 0) is 0 Å². The lowest BCUT2D eigenvalue weighted by Crippen LogP contribution is -1.98. The van der Waals surface area contributed by atoms with Gasteiger partial charge < -0.3 is 0 Å². The normalized spacial score (nSPS) is 11.9. The van der Waals surface area contributed by atoms with Gasteiger partial charge in [-0.05, 0) is 45.9 Å². The molecule has 0 bridgehead atoms. The third-order valence-corrected chi connectivity index (χ3v) is 3.79. The van der Waals surface area contributed by atoms with Gasteiger partial charge in [-0.3, -0.25) is 0 Å². The van der Waals surface area contributed by atoms with Gasteiger partial charge in [0.25, 0.3) is 0 Å². The van der Waals surface area contributed by atoms with Gasteiger partial charge in [-0.1, -0.05) is 33.8 Å². The second-order valence-corrected chi connectivity index (χ2v) is 5.66. The van der Waals surface area contributed by atoms with E-state index in [1.807, 2.05) is 11.3 Å². The molecule has 0 aliphatic rings. The van der Waals surface area contributed by atoms with E-state index in [1.165, 1.54) is 15.6 Å². The van der Waals surface area contributed by atoms with Crippen molar-refractivity contribution in [2.45, 2.75) is 39.5 Å². The van der Waals surface area contributed by atoms with Gasteiger partial charge in [0.2, 0.25) is 0 Å².